The van der Waals surface area contributed by atoms with Crippen LogP contribution in [0, 0.1) is 0 Å². The molecule has 4 atom stereocenters. The third-order valence-electron chi connectivity index (χ3n) is 4.47. The number of hydrogen-bond donors (Lipinski definition) is 4. The van der Waals surface area contributed by atoms with Crippen molar-refractivity contribution in [3.8, 4) is 11.1 Å². The van der Waals surface area contributed by atoms with Gasteiger partial charge in [0.25, 0.3) is 0 Å². The molecule has 0 spiro atoms. The van der Waals surface area contributed by atoms with Gasteiger partial charge in [0.05, 0.1) is 24.5 Å². The summed E-state index contributed by atoms with van der Waals surface area (Å²) in [6.07, 6.45) is 2.22. The molecule has 1 fully saturated rings. The van der Waals surface area contributed by atoms with Gasteiger partial charge in [-0.15, -0.1) is 0 Å². The fourth-order valence-corrected chi connectivity index (χ4v) is 3.21. The summed E-state index contributed by atoms with van der Waals surface area (Å²) in [5, 5.41) is 33.5. The summed E-state index contributed by atoms with van der Waals surface area (Å²) in [7, 11) is 1.75. The summed E-state index contributed by atoms with van der Waals surface area (Å²) in [6.45, 7) is -0.390. The van der Waals surface area contributed by atoms with Crippen LogP contribution in [0.4, 0.5) is 5.82 Å². The van der Waals surface area contributed by atoms with Crippen LogP contribution in [-0.2, 0) is 4.74 Å². The van der Waals surface area contributed by atoms with Gasteiger partial charge in [0.1, 0.15) is 36.1 Å². The summed E-state index contributed by atoms with van der Waals surface area (Å²) in [5.41, 5.74) is 2.15. The van der Waals surface area contributed by atoms with Gasteiger partial charge in [-0.05, 0) is 6.07 Å². The molecule has 9 heteroatoms. The van der Waals surface area contributed by atoms with E-state index in [-0.39, 0.29) is 6.61 Å². The highest BCUT2D eigenvalue weighted by Crippen LogP contribution is 2.38. The first-order valence-electron chi connectivity index (χ1n) is 7.84. The lowest BCUT2D eigenvalue weighted by molar-refractivity contribution is -0.0508. The van der Waals surface area contributed by atoms with Crippen molar-refractivity contribution in [1.29, 1.82) is 0 Å². The van der Waals surface area contributed by atoms with Crippen LogP contribution < -0.4 is 5.32 Å². The summed E-state index contributed by atoms with van der Waals surface area (Å²) in [4.78, 5) is 8.56. The van der Waals surface area contributed by atoms with Gasteiger partial charge in [-0.2, -0.15) is 0 Å². The van der Waals surface area contributed by atoms with E-state index >= 15 is 0 Å². The molecule has 0 bridgehead atoms. The molecule has 9 nitrogen and oxygen atoms in total. The maximum absolute atomic E-state index is 10.4. The third-order valence-corrected chi connectivity index (χ3v) is 4.47. The van der Waals surface area contributed by atoms with E-state index in [2.05, 4.69) is 15.3 Å². The van der Waals surface area contributed by atoms with Crippen LogP contribution in [0.25, 0.3) is 22.2 Å². The lowest BCUT2D eigenvalue weighted by Crippen LogP contribution is -2.33. The Morgan fingerprint density at radius 2 is 2.12 bits per heavy atom. The fourth-order valence-electron chi connectivity index (χ4n) is 3.21. The number of aliphatic hydroxyl groups excluding tert-OH is 3. The predicted octanol–water partition coefficient (Wildman–Crippen LogP) is 0.344. The van der Waals surface area contributed by atoms with Crippen molar-refractivity contribution in [2.75, 3.05) is 19.0 Å². The van der Waals surface area contributed by atoms with Gasteiger partial charge in [0.15, 0.2) is 6.23 Å². The van der Waals surface area contributed by atoms with Crippen molar-refractivity contribution in [3.63, 3.8) is 0 Å². The van der Waals surface area contributed by atoms with Gasteiger partial charge in [-0.1, -0.05) is 0 Å². The molecule has 1 aliphatic rings. The van der Waals surface area contributed by atoms with Crippen molar-refractivity contribution in [2.45, 2.75) is 24.5 Å². The first-order chi connectivity index (χ1) is 12.2. The maximum Gasteiger partial charge on any atom is 0.164 e. The van der Waals surface area contributed by atoms with E-state index < -0.39 is 24.5 Å². The number of nitrogens with zero attached hydrogens (tertiary/aromatic N) is 3. The summed E-state index contributed by atoms with van der Waals surface area (Å²) >= 11 is 0. The Balaban J connectivity index is 1.91. The SMILES string of the molecule is CNc1ncnc2c1c(-c1ccoc1)cn2[C@@H]1O[C@H](CO)[C@@H](O)[C@H]1O. The number of fused-ring (bicyclic) bond motifs is 1. The largest absolute Gasteiger partial charge is 0.472 e. The summed E-state index contributed by atoms with van der Waals surface area (Å²) < 4.78 is 12.5. The molecule has 3 aromatic rings. The standard InChI is InChI=1S/C16H18N4O5/c1-17-14-11-9(8-2-3-24-6-8)4-20(15(11)19-7-18-14)16-13(23)12(22)10(5-21)25-16/h2-4,6-7,10,12-13,16,21-23H,5H2,1H3,(H,17,18,19)/t10-,12-,13-,16-/m1/s1. The molecule has 1 saturated heterocycles. The number of ether oxygens (including phenoxy) is 1. The number of nitrogens with one attached hydrogen (secondary N) is 1. The van der Waals surface area contributed by atoms with Gasteiger partial charge in [-0.25, -0.2) is 9.97 Å². The highest BCUT2D eigenvalue weighted by molar-refractivity contribution is 6.01. The van der Waals surface area contributed by atoms with Crippen LogP contribution in [-0.4, -0.2) is 61.8 Å². The van der Waals surface area contributed by atoms with E-state index in [1.165, 1.54) is 6.33 Å². The zero-order valence-electron chi connectivity index (χ0n) is 13.4. The quantitative estimate of drug-likeness (QED) is 0.533. The van der Waals surface area contributed by atoms with Gasteiger partial charge in [-0.3, -0.25) is 0 Å². The van der Waals surface area contributed by atoms with Gasteiger partial charge in [0, 0.05) is 24.4 Å². The Labute approximate surface area is 142 Å². The Hall–Kier alpha value is -2.46. The topological polar surface area (TPSA) is 126 Å². The van der Waals surface area contributed by atoms with Crippen LogP contribution in [0.5, 0.6) is 0 Å². The predicted molar refractivity (Wildman–Crippen MR) is 87.8 cm³/mol. The van der Waals surface area contributed by atoms with Crippen molar-refractivity contribution in [1.82, 2.24) is 14.5 Å². The molecule has 0 unspecified atom stereocenters. The molecule has 3 aromatic heterocycles. The van der Waals surface area contributed by atoms with E-state index in [0.717, 1.165) is 16.5 Å². The van der Waals surface area contributed by atoms with Crippen LogP contribution in [0.3, 0.4) is 0 Å². The van der Waals surface area contributed by atoms with Gasteiger partial charge in [0.2, 0.25) is 0 Å². The number of rotatable bonds is 4. The third kappa shape index (κ3) is 2.40. The molecule has 132 valence electrons. The van der Waals surface area contributed by atoms with Crippen LogP contribution in [0.2, 0.25) is 0 Å². The molecule has 0 aliphatic carbocycles. The molecule has 0 saturated carbocycles. The number of anilines is 1. The zero-order valence-corrected chi connectivity index (χ0v) is 13.4. The van der Waals surface area contributed by atoms with Crippen molar-refractivity contribution >= 4 is 16.9 Å². The second-order valence-corrected chi connectivity index (χ2v) is 5.86. The fraction of sp³-hybridized carbons (Fsp3) is 0.375. The summed E-state index contributed by atoms with van der Waals surface area (Å²) in [5.74, 6) is 0.617. The molecule has 25 heavy (non-hydrogen) atoms. The maximum atomic E-state index is 10.4. The molecular formula is C16H18N4O5. The second-order valence-electron chi connectivity index (χ2n) is 5.86. The average molecular weight is 346 g/mol. The highest BCUT2D eigenvalue weighted by atomic mass is 16.6. The Morgan fingerprint density at radius 1 is 1.28 bits per heavy atom. The van der Waals surface area contributed by atoms with Crippen LogP contribution >= 0.6 is 0 Å². The van der Waals surface area contributed by atoms with Crippen molar-refractivity contribution in [3.05, 3.63) is 31.1 Å². The number of aliphatic hydroxyl groups is 3. The van der Waals surface area contributed by atoms with E-state index in [9.17, 15) is 15.3 Å². The number of aromatic nitrogens is 3. The van der Waals surface area contributed by atoms with Gasteiger partial charge < -0.3 is 34.4 Å². The first-order valence-corrected chi connectivity index (χ1v) is 7.84. The second kappa shape index (κ2) is 6.12. The van der Waals surface area contributed by atoms with E-state index in [1.807, 2.05) is 6.07 Å². The average Bonchev–Trinajstić information content (AvgIpc) is 3.34. The summed E-state index contributed by atoms with van der Waals surface area (Å²) in [6, 6.07) is 1.81. The monoisotopic (exact) mass is 346 g/mol. The minimum Gasteiger partial charge on any atom is -0.472 e. The number of hydrogen-bond acceptors (Lipinski definition) is 8. The number of furan rings is 1. The van der Waals surface area contributed by atoms with E-state index in [4.69, 9.17) is 9.15 Å². The molecule has 4 heterocycles. The minimum absolute atomic E-state index is 0.390. The highest BCUT2D eigenvalue weighted by Gasteiger charge is 2.44. The van der Waals surface area contributed by atoms with Crippen LogP contribution in [0.1, 0.15) is 6.23 Å². The van der Waals surface area contributed by atoms with Gasteiger partial charge >= 0.3 is 0 Å². The normalized spacial score (nSPS) is 26.4. The Bertz CT molecular complexity index is 878. The lowest BCUT2D eigenvalue weighted by atomic mass is 10.1. The first kappa shape index (κ1) is 16.0. The Morgan fingerprint density at radius 3 is 2.76 bits per heavy atom. The molecule has 4 rings (SSSR count). The molecule has 4 N–H and O–H groups in total. The minimum atomic E-state index is -1.20. The smallest absolute Gasteiger partial charge is 0.164 e. The Kier molecular flexibility index (Phi) is 3.92. The van der Waals surface area contributed by atoms with Crippen molar-refractivity contribution < 1.29 is 24.5 Å². The molecule has 0 radical (unpaired) electrons. The molecule has 1 aliphatic heterocycles. The van der Waals surface area contributed by atoms with Crippen LogP contribution in [0.15, 0.2) is 35.5 Å². The van der Waals surface area contributed by atoms with E-state index in [1.54, 1.807) is 30.3 Å². The molecule has 0 amide bonds. The van der Waals surface area contributed by atoms with Crippen molar-refractivity contribution in [2.24, 2.45) is 0 Å². The molecular weight excluding hydrogens is 328 g/mol. The van der Waals surface area contributed by atoms with E-state index in [0.29, 0.717) is 11.5 Å². The zero-order chi connectivity index (χ0) is 17.6. The lowest BCUT2D eigenvalue weighted by Gasteiger charge is -2.17. The molecule has 0 aromatic carbocycles.